The zero-order chi connectivity index (χ0) is 25.2. The average molecular weight is 543 g/mol. The summed E-state index contributed by atoms with van der Waals surface area (Å²) in [5.41, 5.74) is 3.11. The summed E-state index contributed by atoms with van der Waals surface area (Å²) in [6.45, 7) is -0.267. The first-order chi connectivity index (χ1) is 16.9. The van der Waals surface area contributed by atoms with Gasteiger partial charge in [0.15, 0.2) is 29.6 Å². The smallest absolute Gasteiger partial charge is 0.343 e. The van der Waals surface area contributed by atoms with Crippen LogP contribution in [0, 0.1) is 0 Å². The molecular weight excluding hydrogens is 520 g/mol. The number of benzene rings is 3. The van der Waals surface area contributed by atoms with E-state index in [1.165, 1.54) is 33.6 Å². The lowest BCUT2D eigenvalue weighted by atomic mass is 10.2. The summed E-state index contributed by atoms with van der Waals surface area (Å²) in [7, 11) is 4.50. The third-order valence-electron chi connectivity index (χ3n) is 4.61. The van der Waals surface area contributed by atoms with Gasteiger partial charge in [0.2, 0.25) is 0 Å². The maximum atomic E-state index is 12.7. The molecule has 0 unspecified atom stereocenters. The Balaban J connectivity index is 1.66. The Kier molecular flexibility index (Phi) is 9.08. The highest BCUT2D eigenvalue weighted by molar-refractivity contribution is 9.10. The van der Waals surface area contributed by atoms with Gasteiger partial charge in [-0.25, -0.2) is 10.2 Å². The number of amides is 1. The average Bonchev–Trinajstić information content (AvgIpc) is 2.88. The monoisotopic (exact) mass is 542 g/mol. The normalized spacial score (nSPS) is 10.5. The summed E-state index contributed by atoms with van der Waals surface area (Å²) in [6, 6.07) is 16.7. The van der Waals surface area contributed by atoms with Crippen LogP contribution in [-0.4, -0.2) is 46.0 Å². The van der Waals surface area contributed by atoms with E-state index in [2.05, 4.69) is 26.5 Å². The summed E-state index contributed by atoms with van der Waals surface area (Å²) in [4.78, 5) is 24.8. The van der Waals surface area contributed by atoms with Gasteiger partial charge in [-0.1, -0.05) is 28.1 Å². The Morgan fingerprint density at radius 2 is 1.51 bits per heavy atom. The number of rotatable bonds is 10. The zero-order valence-corrected chi connectivity index (χ0v) is 20.8. The number of halogens is 1. The van der Waals surface area contributed by atoms with Crippen LogP contribution in [0.1, 0.15) is 15.9 Å². The third-order valence-corrected chi connectivity index (χ3v) is 5.11. The van der Waals surface area contributed by atoms with Gasteiger partial charge >= 0.3 is 5.97 Å². The number of para-hydroxylation sites is 2. The molecule has 9 nitrogen and oxygen atoms in total. The van der Waals surface area contributed by atoms with E-state index in [-0.39, 0.29) is 17.9 Å². The number of esters is 1. The highest BCUT2D eigenvalue weighted by Gasteiger charge is 2.15. The maximum absolute atomic E-state index is 12.7. The summed E-state index contributed by atoms with van der Waals surface area (Å²) in [5, 5.41) is 3.94. The highest BCUT2D eigenvalue weighted by atomic mass is 79.9. The van der Waals surface area contributed by atoms with Crippen LogP contribution < -0.4 is 29.1 Å². The van der Waals surface area contributed by atoms with Gasteiger partial charge in [-0.2, -0.15) is 5.10 Å². The fourth-order valence-electron chi connectivity index (χ4n) is 2.92. The number of hydrazone groups is 1. The van der Waals surface area contributed by atoms with Gasteiger partial charge in [-0.3, -0.25) is 4.79 Å². The van der Waals surface area contributed by atoms with Crippen molar-refractivity contribution in [2.75, 3.05) is 27.9 Å². The summed E-state index contributed by atoms with van der Waals surface area (Å²) in [6.07, 6.45) is 1.36. The molecule has 0 bridgehead atoms. The molecule has 3 aromatic carbocycles. The minimum absolute atomic E-state index is 0.247. The van der Waals surface area contributed by atoms with E-state index in [0.717, 1.165) is 4.47 Å². The Bertz CT molecular complexity index is 1230. The Morgan fingerprint density at radius 3 is 2.23 bits per heavy atom. The SMILES string of the molecule is COc1ccc(C(=O)Oc2ccc(Br)cc2C=NNC(=O)COc2ccccc2OC)cc1OC. The van der Waals surface area contributed by atoms with Crippen molar-refractivity contribution >= 4 is 34.0 Å². The van der Waals surface area contributed by atoms with Gasteiger partial charge in [0, 0.05) is 10.0 Å². The van der Waals surface area contributed by atoms with Crippen molar-refractivity contribution in [1.82, 2.24) is 5.43 Å². The molecular formula is C25H23BrN2O7. The molecule has 0 aliphatic carbocycles. The number of hydrogen-bond acceptors (Lipinski definition) is 8. The van der Waals surface area contributed by atoms with Crippen molar-refractivity contribution < 1.29 is 33.3 Å². The van der Waals surface area contributed by atoms with Crippen LogP contribution in [0.3, 0.4) is 0 Å². The molecule has 3 rings (SSSR count). The lowest BCUT2D eigenvalue weighted by Crippen LogP contribution is -2.24. The van der Waals surface area contributed by atoms with Crippen LogP contribution in [0.4, 0.5) is 0 Å². The predicted molar refractivity (Wildman–Crippen MR) is 133 cm³/mol. The standard InChI is InChI=1S/C25H23BrN2O7/c1-31-20-6-4-5-7-22(20)34-15-24(29)28-27-14-17-12-18(26)9-11-19(17)35-25(30)16-8-10-21(32-2)23(13-16)33-3/h4-14H,15H2,1-3H3,(H,28,29). The first-order valence-corrected chi connectivity index (χ1v) is 11.1. The van der Waals surface area contributed by atoms with Gasteiger partial charge in [-0.05, 0) is 48.5 Å². The topological polar surface area (TPSA) is 105 Å². The van der Waals surface area contributed by atoms with Gasteiger partial charge in [0.05, 0.1) is 33.1 Å². The molecule has 0 aliphatic heterocycles. The van der Waals surface area contributed by atoms with Crippen LogP contribution in [-0.2, 0) is 4.79 Å². The van der Waals surface area contributed by atoms with Crippen molar-refractivity contribution in [1.29, 1.82) is 0 Å². The van der Waals surface area contributed by atoms with Gasteiger partial charge in [0.25, 0.3) is 5.91 Å². The Labute approximate surface area is 210 Å². The third kappa shape index (κ3) is 6.97. The van der Waals surface area contributed by atoms with Crippen molar-refractivity contribution in [3.05, 3.63) is 76.3 Å². The molecule has 182 valence electrons. The quantitative estimate of drug-likeness (QED) is 0.177. The van der Waals surface area contributed by atoms with E-state index < -0.39 is 11.9 Å². The van der Waals surface area contributed by atoms with Crippen molar-refractivity contribution in [3.63, 3.8) is 0 Å². The van der Waals surface area contributed by atoms with Crippen LogP contribution in [0.15, 0.2) is 70.2 Å². The number of hydrogen-bond donors (Lipinski definition) is 1. The summed E-state index contributed by atoms with van der Waals surface area (Å²) < 4.78 is 27.4. The number of carbonyl (C=O) groups is 2. The van der Waals surface area contributed by atoms with Crippen LogP contribution in [0.25, 0.3) is 0 Å². The van der Waals surface area contributed by atoms with E-state index in [1.807, 2.05) is 0 Å². The molecule has 0 fully saturated rings. The molecule has 3 aromatic rings. The van der Waals surface area contributed by atoms with Crippen molar-refractivity contribution in [3.8, 4) is 28.7 Å². The highest BCUT2D eigenvalue weighted by Crippen LogP contribution is 2.29. The lowest BCUT2D eigenvalue weighted by Gasteiger charge is -2.11. The number of nitrogens with one attached hydrogen (secondary N) is 1. The molecule has 35 heavy (non-hydrogen) atoms. The molecule has 0 radical (unpaired) electrons. The molecule has 0 aliphatic rings. The van der Waals surface area contributed by atoms with Crippen LogP contribution in [0.5, 0.6) is 28.7 Å². The van der Waals surface area contributed by atoms with E-state index >= 15 is 0 Å². The fraction of sp³-hybridized carbons (Fsp3) is 0.160. The Hall–Kier alpha value is -4.05. The molecule has 0 aromatic heterocycles. The van der Waals surface area contributed by atoms with Crippen LogP contribution in [0.2, 0.25) is 0 Å². The minimum atomic E-state index is -0.600. The Morgan fingerprint density at radius 1 is 0.857 bits per heavy atom. The second-order valence-corrected chi connectivity index (χ2v) is 7.79. The molecule has 0 saturated heterocycles. The number of ether oxygens (including phenoxy) is 5. The molecule has 0 heterocycles. The molecule has 1 N–H and O–H groups in total. The second kappa shape index (κ2) is 12.4. The van der Waals surface area contributed by atoms with Crippen LogP contribution >= 0.6 is 15.9 Å². The van der Waals surface area contributed by atoms with Crippen molar-refractivity contribution in [2.24, 2.45) is 5.10 Å². The summed E-state index contributed by atoms with van der Waals surface area (Å²) >= 11 is 3.38. The lowest BCUT2D eigenvalue weighted by molar-refractivity contribution is -0.123. The molecule has 10 heteroatoms. The molecule has 0 spiro atoms. The first-order valence-electron chi connectivity index (χ1n) is 10.3. The van der Waals surface area contributed by atoms with E-state index in [0.29, 0.717) is 28.6 Å². The number of nitrogens with zero attached hydrogens (tertiary/aromatic N) is 1. The number of methoxy groups -OCH3 is 3. The van der Waals surface area contributed by atoms with Gasteiger partial charge in [0.1, 0.15) is 5.75 Å². The minimum Gasteiger partial charge on any atom is -0.493 e. The molecule has 1 amide bonds. The largest absolute Gasteiger partial charge is 0.493 e. The second-order valence-electron chi connectivity index (χ2n) is 6.87. The van der Waals surface area contributed by atoms with E-state index in [4.69, 9.17) is 23.7 Å². The maximum Gasteiger partial charge on any atom is 0.343 e. The van der Waals surface area contributed by atoms with Gasteiger partial charge in [-0.15, -0.1) is 0 Å². The molecule has 0 saturated carbocycles. The van der Waals surface area contributed by atoms with Crippen molar-refractivity contribution in [2.45, 2.75) is 0 Å². The predicted octanol–water partition coefficient (Wildman–Crippen LogP) is 4.22. The number of carbonyl (C=O) groups excluding carboxylic acids is 2. The van der Waals surface area contributed by atoms with E-state index in [9.17, 15) is 9.59 Å². The molecule has 0 atom stereocenters. The fourth-order valence-corrected chi connectivity index (χ4v) is 3.30. The van der Waals surface area contributed by atoms with Gasteiger partial charge < -0.3 is 23.7 Å². The summed E-state index contributed by atoms with van der Waals surface area (Å²) in [5.74, 6) is 1.01. The van der Waals surface area contributed by atoms with E-state index in [1.54, 1.807) is 54.6 Å². The zero-order valence-electron chi connectivity index (χ0n) is 19.2. The first kappa shape index (κ1) is 25.6.